The SMILES string of the molecule is c1ccc(-c2ccc(N(c3ccc(-c4ccc(-c5ccc(-n6c7ccccc7c7ccccc76)cc5)cc4)cc3)c3cccc4c(-c5ccccc5)cccc34)cc2)cc1. The molecule has 0 spiro atoms. The summed E-state index contributed by atoms with van der Waals surface area (Å²) < 4.78 is 2.37. The summed E-state index contributed by atoms with van der Waals surface area (Å²) in [4.78, 5) is 2.39. The van der Waals surface area contributed by atoms with Crippen molar-refractivity contribution in [3.63, 3.8) is 0 Å². The molecule has 1 aromatic heterocycles. The van der Waals surface area contributed by atoms with Crippen LogP contribution in [0.1, 0.15) is 0 Å². The molecule has 60 heavy (non-hydrogen) atoms. The summed E-state index contributed by atoms with van der Waals surface area (Å²) in [7, 11) is 0. The fourth-order valence-corrected chi connectivity index (χ4v) is 8.88. The van der Waals surface area contributed by atoms with E-state index in [4.69, 9.17) is 0 Å². The van der Waals surface area contributed by atoms with Gasteiger partial charge in [-0.25, -0.2) is 0 Å². The molecule has 0 saturated carbocycles. The second-order valence-corrected chi connectivity index (χ2v) is 15.3. The first-order valence-corrected chi connectivity index (χ1v) is 20.6. The molecule has 0 aliphatic rings. The van der Waals surface area contributed by atoms with Gasteiger partial charge >= 0.3 is 0 Å². The van der Waals surface area contributed by atoms with Crippen molar-refractivity contribution in [2.75, 3.05) is 4.90 Å². The molecule has 2 nitrogen and oxygen atoms in total. The molecule has 11 rings (SSSR count). The molecule has 0 fully saturated rings. The topological polar surface area (TPSA) is 8.17 Å². The Labute approximate surface area is 350 Å². The first-order valence-electron chi connectivity index (χ1n) is 20.6. The van der Waals surface area contributed by atoms with Crippen LogP contribution in [0.2, 0.25) is 0 Å². The van der Waals surface area contributed by atoms with E-state index in [1.807, 2.05) is 0 Å². The van der Waals surface area contributed by atoms with Crippen LogP contribution in [0.5, 0.6) is 0 Å². The van der Waals surface area contributed by atoms with E-state index in [1.165, 1.54) is 77.1 Å². The van der Waals surface area contributed by atoms with Crippen molar-refractivity contribution in [3.8, 4) is 50.2 Å². The second-order valence-electron chi connectivity index (χ2n) is 15.3. The number of benzene rings is 10. The quantitative estimate of drug-likeness (QED) is 0.150. The number of aromatic nitrogens is 1. The highest BCUT2D eigenvalue weighted by Crippen LogP contribution is 2.42. The first-order chi connectivity index (χ1) is 29.8. The number of fused-ring (bicyclic) bond motifs is 4. The minimum Gasteiger partial charge on any atom is -0.310 e. The summed E-state index contributed by atoms with van der Waals surface area (Å²) in [5.74, 6) is 0. The van der Waals surface area contributed by atoms with Gasteiger partial charge in [-0.2, -0.15) is 0 Å². The molecule has 0 aliphatic carbocycles. The molecule has 2 heteroatoms. The molecule has 282 valence electrons. The lowest BCUT2D eigenvalue weighted by Crippen LogP contribution is -2.10. The molecule has 0 bridgehead atoms. The van der Waals surface area contributed by atoms with E-state index in [1.54, 1.807) is 0 Å². The highest BCUT2D eigenvalue weighted by molar-refractivity contribution is 6.09. The maximum absolute atomic E-state index is 2.39. The van der Waals surface area contributed by atoms with Crippen LogP contribution in [0, 0.1) is 0 Å². The molecule has 0 amide bonds. The predicted octanol–water partition coefficient (Wildman–Crippen LogP) is 16.1. The Kier molecular flexibility index (Phi) is 8.87. The van der Waals surface area contributed by atoms with Crippen LogP contribution in [0.25, 0.3) is 82.8 Å². The van der Waals surface area contributed by atoms with E-state index in [9.17, 15) is 0 Å². The van der Waals surface area contributed by atoms with Gasteiger partial charge in [0.05, 0.1) is 16.7 Å². The van der Waals surface area contributed by atoms with Crippen molar-refractivity contribution < 1.29 is 0 Å². The Balaban J connectivity index is 0.920. The van der Waals surface area contributed by atoms with Gasteiger partial charge in [-0.1, -0.05) is 188 Å². The molecule has 0 unspecified atom stereocenters. The highest BCUT2D eigenvalue weighted by atomic mass is 15.1. The smallest absolute Gasteiger partial charge is 0.0541 e. The van der Waals surface area contributed by atoms with E-state index in [2.05, 4.69) is 252 Å². The van der Waals surface area contributed by atoms with Crippen LogP contribution in [-0.2, 0) is 0 Å². The van der Waals surface area contributed by atoms with Gasteiger partial charge in [0.2, 0.25) is 0 Å². The van der Waals surface area contributed by atoms with Crippen molar-refractivity contribution in [1.29, 1.82) is 0 Å². The van der Waals surface area contributed by atoms with Gasteiger partial charge in [0, 0.05) is 33.2 Å². The summed E-state index contributed by atoms with van der Waals surface area (Å²) in [6, 6.07) is 87.7. The van der Waals surface area contributed by atoms with Crippen molar-refractivity contribution in [3.05, 3.63) is 243 Å². The molecule has 0 atom stereocenters. The summed E-state index contributed by atoms with van der Waals surface area (Å²) in [6.07, 6.45) is 0. The Bertz CT molecular complexity index is 3200. The molecule has 0 saturated heterocycles. The van der Waals surface area contributed by atoms with Gasteiger partial charge in [0.15, 0.2) is 0 Å². The molecule has 0 N–H and O–H groups in total. The Morgan fingerprint density at radius 3 is 1.17 bits per heavy atom. The third-order valence-corrected chi connectivity index (χ3v) is 11.8. The summed E-state index contributed by atoms with van der Waals surface area (Å²) in [6.45, 7) is 0. The average Bonchev–Trinajstić information content (AvgIpc) is 3.67. The number of nitrogens with zero attached hydrogens (tertiary/aromatic N) is 2. The van der Waals surface area contributed by atoms with Crippen LogP contribution in [-0.4, -0.2) is 4.57 Å². The summed E-state index contributed by atoms with van der Waals surface area (Å²) in [5, 5.41) is 4.98. The standard InChI is InChI=1S/C58H40N2/c1-3-13-41(14-4-1)44-29-35-48(36-30-44)59(56-24-12-20-52-51(19-11-21-53(52)56)47-15-5-2-6-16-47)49-37-31-45(32-38-49)42-25-27-43(28-26-42)46-33-39-50(40-34-46)60-57-22-9-7-17-54(57)55-18-8-10-23-58(55)60/h1-40H. The molecular weight excluding hydrogens is 725 g/mol. The maximum Gasteiger partial charge on any atom is 0.0541 e. The number of rotatable bonds is 8. The number of anilines is 3. The molecule has 0 radical (unpaired) electrons. The van der Waals surface area contributed by atoms with Crippen LogP contribution in [0.4, 0.5) is 17.1 Å². The van der Waals surface area contributed by atoms with E-state index in [0.29, 0.717) is 0 Å². The zero-order valence-corrected chi connectivity index (χ0v) is 33.0. The lowest BCUT2D eigenvalue weighted by molar-refractivity contribution is 1.18. The van der Waals surface area contributed by atoms with Gasteiger partial charge in [-0.15, -0.1) is 0 Å². The Morgan fingerprint density at radius 2 is 0.633 bits per heavy atom. The van der Waals surface area contributed by atoms with Gasteiger partial charge in [-0.05, 0) is 104 Å². The summed E-state index contributed by atoms with van der Waals surface area (Å²) >= 11 is 0. The zero-order chi connectivity index (χ0) is 39.8. The molecule has 0 aliphatic heterocycles. The molecule has 10 aromatic carbocycles. The normalized spacial score (nSPS) is 11.3. The van der Waals surface area contributed by atoms with E-state index < -0.39 is 0 Å². The highest BCUT2D eigenvalue weighted by Gasteiger charge is 2.18. The summed E-state index contributed by atoms with van der Waals surface area (Å²) in [5.41, 5.74) is 16.5. The lowest BCUT2D eigenvalue weighted by Gasteiger charge is -2.27. The van der Waals surface area contributed by atoms with Gasteiger partial charge < -0.3 is 9.47 Å². The number of hydrogen-bond donors (Lipinski definition) is 0. The van der Waals surface area contributed by atoms with E-state index >= 15 is 0 Å². The van der Waals surface area contributed by atoms with Crippen LogP contribution in [0.15, 0.2) is 243 Å². The fraction of sp³-hybridized carbons (Fsp3) is 0. The Hall–Kier alpha value is -7.94. The molecule has 1 heterocycles. The maximum atomic E-state index is 2.39. The van der Waals surface area contributed by atoms with Crippen molar-refractivity contribution in [2.24, 2.45) is 0 Å². The predicted molar refractivity (Wildman–Crippen MR) is 255 cm³/mol. The van der Waals surface area contributed by atoms with E-state index in [0.717, 1.165) is 22.7 Å². The van der Waals surface area contributed by atoms with Gasteiger partial charge in [-0.3, -0.25) is 0 Å². The monoisotopic (exact) mass is 764 g/mol. The fourth-order valence-electron chi connectivity index (χ4n) is 8.88. The third-order valence-electron chi connectivity index (χ3n) is 11.8. The molecular formula is C58H40N2. The van der Waals surface area contributed by atoms with Crippen LogP contribution < -0.4 is 4.90 Å². The zero-order valence-electron chi connectivity index (χ0n) is 33.0. The van der Waals surface area contributed by atoms with Crippen LogP contribution in [0.3, 0.4) is 0 Å². The first kappa shape index (κ1) is 35.2. The second kappa shape index (κ2) is 15.1. The third kappa shape index (κ3) is 6.32. The van der Waals surface area contributed by atoms with Gasteiger partial charge in [0.1, 0.15) is 0 Å². The number of para-hydroxylation sites is 2. The number of hydrogen-bond acceptors (Lipinski definition) is 1. The lowest BCUT2D eigenvalue weighted by atomic mass is 9.96. The minimum atomic E-state index is 1.10. The minimum absolute atomic E-state index is 1.10. The van der Waals surface area contributed by atoms with Crippen molar-refractivity contribution in [1.82, 2.24) is 4.57 Å². The van der Waals surface area contributed by atoms with Crippen molar-refractivity contribution in [2.45, 2.75) is 0 Å². The largest absolute Gasteiger partial charge is 0.310 e. The van der Waals surface area contributed by atoms with E-state index in [-0.39, 0.29) is 0 Å². The van der Waals surface area contributed by atoms with Crippen LogP contribution >= 0.6 is 0 Å². The molecule has 11 aromatic rings. The van der Waals surface area contributed by atoms with Gasteiger partial charge in [0.25, 0.3) is 0 Å². The average molecular weight is 765 g/mol. The Morgan fingerprint density at radius 1 is 0.250 bits per heavy atom. The van der Waals surface area contributed by atoms with Crippen molar-refractivity contribution >= 4 is 49.6 Å².